The average molecular weight is 486 g/mol. The van der Waals surface area contributed by atoms with Crippen LogP contribution in [0.5, 0.6) is 5.75 Å². The lowest BCUT2D eigenvalue weighted by molar-refractivity contribution is -0.139. The van der Waals surface area contributed by atoms with Crippen LogP contribution >= 0.6 is 0 Å². The smallest absolute Gasteiger partial charge is 0.325 e. The Bertz CT molecular complexity index is 1230. The van der Waals surface area contributed by atoms with Crippen LogP contribution in [0.15, 0.2) is 78.9 Å². The van der Waals surface area contributed by atoms with Gasteiger partial charge in [0, 0.05) is 13.1 Å². The largest absolute Gasteiger partial charge is 0.489 e. The number of ether oxygens (including phenoxy) is 1. The maximum Gasteiger partial charge on any atom is 0.325 e. The molecule has 0 radical (unpaired) electrons. The number of nitrogens with zero attached hydrogens (tertiary/aromatic N) is 2. The molecule has 3 aromatic rings. The zero-order valence-electron chi connectivity index (χ0n) is 20.9. The monoisotopic (exact) mass is 485 g/mol. The van der Waals surface area contributed by atoms with Crippen LogP contribution in [0, 0.1) is 6.92 Å². The SMILES string of the molecule is CCN(Cc1ccc(OCc2ccccc2)cc1)C(=O)CN1C(=O)NC(C)(c2ccc(C)cc2)C1=O. The van der Waals surface area contributed by atoms with Gasteiger partial charge in [0.05, 0.1) is 0 Å². The summed E-state index contributed by atoms with van der Waals surface area (Å²) in [5, 5.41) is 2.76. The molecule has 0 spiro atoms. The zero-order valence-corrected chi connectivity index (χ0v) is 20.9. The third-order valence-electron chi connectivity index (χ3n) is 6.48. The number of imide groups is 1. The highest BCUT2D eigenvalue weighted by Gasteiger charge is 2.49. The summed E-state index contributed by atoms with van der Waals surface area (Å²) >= 11 is 0. The molecule has 186 valence electrons. The van der Waals surface area contributed by atoms with E-state index in [1.807, 2.05) is 92.7 Å². The molecule has 7 heteroatoms. The molecule has 3 aromatic carbocycles. The summed E-state index contributed by atoms with van der Waals surface area (Å²) in [5.41, 5.74) is 2.56. The molecule has 1 atom stereocenters. The maximum absolute atomic E-state index is 13.2. The summed E-state index contributed by atoms with van der Waals surface area (Å²) in [6, 6.07) is 24.4. The van der Waals surface area contributed by atoms with Crippen LogP contribution in [0.25, 0.3) is 0 Å². The number of carbonyl (C=O) groups excluding carboxylic acids is 3. The van der Waals surface area contributed by atoms with Crippen molar-refractivity contribution in [3.8, 4) is 5.75 Å². The van der Waals surface area contributed by atoms with Gasteiger partial charge in [-0.1, -0.05) is 72.3 Å². The molecule has 1 heterocycles. The number of hydrogen-bond acceptors (Lipinski definition) is 4. The Morgan fingerprint density at radius 1 is 0.944 bits per heavy atom. The van der Waals surface area contributed by atoms with Crippen LogP contribution < -0.4 is 10.1 Å². The van der Waals surface area contributed by atoms with Gasteiger partial charge in [-0.25, -0.2) is 4.79 Å². The average Bonchev–Trinajstić information content (AvgIpc) is 3.11. The highest BCUT2D eigenvalue weighted by molar-refractivity contribution is 6.09. The zero-order chi connectivity index (χ0) is 25.7. The van der Waals surface area contributed by atoms with Crippen LogP contribution in [-0.4, -0.2) is 40.7 Å². The third kappa shape index (κ3) is 5.40. The lowest BCUT2D eigenvalue weighted by Crippen LogP contribution is -2.44. The van der Waals surface area contributed by atoms with Crippen LogP contribution in [0.4, 0.5) is 4.79 Å². The van der Waals surface area contributed by atoms with Crippen LogP contribution in [0.3, 0.4) is 0 Å². The lowest BCUT2D eigenvalue weighted by Gasteiger charge is -2.25. The minimum Gasteiger partial charge on any atom is -0.489 e. The lowest BCUT2D eigenvalue weighted by atomic mass is 9.91. The van der Waals surface area contributed by atoms with Gasteiger partial charge < -0.3 is 15.0 Å². The standard InChI is InChI=1S/C29H31N3O4/c1-4-31(18-22-12-16-25(17-13-22)36-20-23-8-6-5-7-9-23)26(33)19-32-27(34)29(3,30-28(32)35)24-14-10-21(2)11-15-24/h5-17H,4,18-20H2,1-3H3,(H,30,35). The highest BCUT2D eigenvalue weighted by atomic mass is 16.5. The van der Waals surface area contributed by atoms with E-state index in [0.717, 1.165) is 27.3 Å². The van der Waals surface area contributed by atoms with E-state index in [9.17, 15) is 14.4 Å². The highest BCUT2D eigenvalue weighted by Crippen LogP contribution is 2.29. The Labute approximate surface area is 211 Å². The molecule has 7 nitrogen and oxygen atoms in total. The molecule has 1 saturated heterocycles. The van der Waals surface area contributed by atoms with Gasteiger partial charge in [-0.05, 0) is 49.6 Å². The predicted octanol–water partition coefficient (Wildman–Crippen LogP) is 4.39. The van der Waals surface area contributed by atoms with Gasteiger partial charge in [-0.15, -0.1) is 0 Å². The first-order valence-electron chi connectivity index (χ1n) is 12.0. The Balaban J connectivity index is 1.37. The van der Waals surface area contributed by atoms with E-state index < -0.39 is 17.5 Å². The van der Waals surface area contributed by atoms with Crippen molar-refractivity contribution >= 4 is 17.8 Å². The molecule has 1 unspecified atom stereocenters. The van der Waals surface area contributed by atoms with Gasteiger partial charge in [0.25, 0.3) is 5.91 Å². The van der Waals surface area contributed by atoms with Crippen molar-refractivity contribution in [2.24, 2.45) is 0 Å². The summed E-state index contributed by atoms with van der Waals surface area (Å²) in [4.78, 5) is 41.5. The summed E-state index contributed by atoms with van der Waals surface area (Å²) in [6.45, 7) is 6.48. The third-order valence-corrected chi connectivity index (χ3v) is 6.48. The fraction of sp³-hybridized carbons (Fsp3) is 0.276. The number of rotatable bonds is 9. The number of amides is 4. The molecular weight excluding hydrogens is 454 g/mol. The van der Waals surface area contributed by atoms with E-state index in [4.69, 9.17) is 4.74 Å². The fourth-order valence-electron chi connectivity index (χ4n) is 4.19. The number of likely N-dealkylation sites (N-methyl/N-ethyl adjacent to an activating group) is 1. The fourth-order valence-corrected chi connectivity index (χ4v) is 4.19. The number of aryl methyl sites for hydroxylation is 1. The first-order chi connectivity index (χ1) is 17.3. The number of urea groups is 1. The van der Waals surface area contributed by atoms with Crippen molar-refractivity contribution in [3.63, 3.8) is 0 Å². The second-order valence-electron chi connectivity index (χ2n) is 9.14. The Kier molecular flexibility index (Phi) is 7.38. The van der Waals surface area contributed by atoms with Crippen molar-refractivity contribution in [3.05, 3.63) is 101 Å². The molecule has 1 aliphatic heterocycles. The van der Waals surface area contributed by atoms with E-state index in [1.165, 1.54) is 0 Å². The van der Waals surface area contributed by atoms with Crippen molar-refractivity contribution in [1.82, 2.24) is 15.1 Å². The number of hydrogen-bond donors (Lipinski definition) is 1. The summed E-state index contributed by atoms with van der Waals surface area (Å²) in [6.07, 6.45) is 0. The van der Waals surface area contributed by atoms with Gasteiger partial charge in [0.2, 0.25) is 5.91 Å². The molecule has 0 aromatic heterocycles. The van der Waals surface area contributed by atoms with Crippen molar-refractivity contribution in [2.45, 2.75) is 39.5 Å². The molecule has 1 aliphatic rings. The Morgan fingerprint density at radius 2 is 1.61 bits per heavy atom. The molecule has 0 bridgehead atoms. The second-order valence-corrected chi connectivity index (χ2v) is 9.14. The van der Waals surface area contributed by atoms with Crippen LogP contribution in [0.1, 0.15) is 36.1 Å². The van der Waals surface area contributed by atoms with Crippen molar-refractivity contribution < 1.29 is 19.1 Å². The Morgan fingerprint density at radius 3 is 2.25 bits per heavy atom. The first kappa shape index (κ1) is 25.0. The normalized spacial score (nSPS) is 17.1. The van der Waals surface area contributed by atoms with E-state index in [-0.39, 0.29) is 12.5 Å². The molecule has 4 rings (SSSR count). The van der Waals surface area contributed by atoms with Gasteiger partial charge in [-0.3, -0.25) is 14.5 Å². The maximum atomic E-state index is 13.2. The molecule has 4 amide bonds. The van der Waals surface area contributed by atoms with E-state index in [2.05, 4.69) is 5.32 Å². The minimum atomic E-state index is -1.20. The van der Waals surface area contributed by atoms with Crippen molar-refractivity contribution in [2.75, 3.05) is 13.1 Å². The van der Waals surface area contributed by atoms with Crippen molar-refractivity contribution in [1.29, 1.82) is 0 Å². The molecular formula is C29H31N3O4. The molecule has 36 heavy (non-hydrogen) atoms. The van der Waals surface area contributed by atoms with Crippen LogP contribution in [-0.2, 0) is 28.3 Å². The number of benzene rings is 3. The second kappa shape index (κ2) is 10.6. The van der Waals surface area contributed by atoms with Crippen LogP contribution in [0.2, 0.25) is 0 Å². The van der Waals surface area contributed by atoms with Gasteiger partial charge in [0.1, 0.15) is 24.4 Å². The van der Waals surface area contributed by atoms with E-state index in [0.29, 0.717) is 25.3 Å². The van der Waals surface area contributed by atoms with E-state index in [1.54, 1.807) is 11.8 Å². The molecule has 0 saturated carbocycles. The predicted molar refractivity (Wildman–Crippen MR) is 137 cm³/mol. The molecule has 0 aliphatic carbocycles. The molecule has 1 N–H and O–H groups in total. The van der Waals surface area contributed by atoms with E-state index >= 15 is 0 Å². The summed E-state index contributed by atoms with van der Waals surface area (Å²) < 4.78 is 5.83. The summed E-state index contributed by atoms with van der Waals surface area (Å²) in [7, 11) is 0. The quantitative estimate of drug-likeness (QED) is 0.456. The van der Waals surface area contributed by atoms with Gasteiger partial charge in [-0.2, -0.15) is 0 Å². The number of nitrogens with one attached hydrogen (secondary N) is 1. The minimum absolute atomic E-state index is 0.293. The first-order valence-corrected chi connectivity index (χ1v) is 12.0. The molecule has 1 fully saturated rings. The Hall–Kier alpha value is -4.13. The van der Waals surface area contributed by atoms with Gasteiger partial charge >= 0.3 is 6.03 Å². The topological polar surface area (TPSA) is 79.0 Å². The van der Waals surface area contributed by atoms with Gasteiger partial charge in [0.15, 0.2) is 0 Å². The number of carbonyl (C=O) groups is 3. The summed E-state index contributed by atoms with van der Waals surface area (Å²) in [5.74, 6) is 0.0194.